The van der Waals surface area contributed by atoms with Crippen LogP contribution in [0.25, 0.3) is 108 Å². The molecule has 5 nitrogen and oxygen atoms in total. The lowest BCUT2D eigenvalue weighted by Crippen LogP contribution is -2.00. The van der Waals surface area contributed by atoms with Crippen molar-refractivity contribution in [1.29, 1.82) is 0 Å². The number of benzene rings is 7. The molecule has 7 heteroatoms. The number of nitrogens with zero attached hydrogens (tertiary/aromatic N) is 4. The van der Waals surface area contributed by atoms with Gasteiger partial charge in [-0.25, -0.2) is 19.9 Å². The molecule has 0 bridgehead atoms. The monoisotopic (exact) mass is 714 g/mol. The second-order valence-electron chi connectivity index (χ2n) is 13.0. The molecule has 4 heterocycles. The topological polar surface area (TPSA) is 64.7 Å². The van der Waals surface area contributed by atoms with Gasteiger partial charge in [0, 0.05) is 58.8 Å². The second-order valence-corrected chi connectivity index (χ2v) is 15.1. The Morgan fingerprint density at radius 1 is 0.396 bits per heavy atom. The SMILES string of the molecule is c1ccc(-c2nc(-c3cccc(-c4cccc5c4oc4ccccc45)c3)nc(-c3cccc4sc5cccc(-c6nc7ccccc7s6)c5c34)n2)cc1. The summed E-state index contributed by atoms with van der Waals surface area (Å²) in [4.78, 5) is 20.6. The van der Waals surface area contributed by atoms with Crippen LogP contribution in [0, 0.1) is 0 Å². The van der Waals surface area contributed by atoms with Gasteiger partial charge in [0.25, 0.3) is 0 Å². The van der Waals surface area contributed by atoms with Crippen LogP contribution in [0.5, 0.6) is 0 Å². The molecule has 0 aliphatic rings. The molecule has 0 aliphatic carbocycles. The highest BCUT2D eigenvalue weighted by molar-refractivity contribution is 7.26. The van der Waals surface area contributed by atoms with E-state index in [4.69, 9.17) is 24.4 Å². The van der Waals surface area contributed by atoms with Crippen LogP contribution in [0.4, 0.5) is 0 Å². The maximum absolute atomic E-state index is 6.42. The molecule has 0 spiro atoms. The average molecular weight is 715 g/mol. The van der Waals surface area contributed by atoms with Crippen molar-refractivity contribution in [2.75, 3.05) is 0 Å². The molecule has 0 saturated heterocycles. The molecule has 0 aliphatic heterocycles. The first-order valence-corrected chi connectivity index (χ1v) is 19.0. The predicted molar refractivity (Wildman–Crippen MR) is 220 cm³/mol. The van der Waals surface area contributed by atoms with Crippen LogP contribution < -0.4 is 0 Å². The fraction of sp³-hybridized carbons (Fsp3) is 0. The molecule has 7 aromatic carbocycles. The number of para-hydroxylation sites is 3. The van der Waals surface area contributed by atoms with Crippen molar-refractivity contribution in [3.05, 3.63) is 158 Å². The molecule has 0 radical (unpaired) electrons. The molecule has 248 valence electrons. The molecule has 4 aromatic heterocycles. The van der Waals surface area contributed by atoms with Crippen molar-refractivity contribution >= 4 is 75.0 Å². The van der Waals surface area contributed by atoms with Gasteiger partial charge in [-0.1, -0.05) is 121 Å². The van der Waals surface area contributed by atoms with Gasteiger partial charge in [-0.05, 0) is 42.0 Å². The number of aromatic nitrogens is 4. The van der Waals surface area contributed by atoms with E-state index < -0.39 is 0 Å². The molecular weight excluding hydrogens is 689 g/mol. The summed E-state index contributed by atoms with van der Waals surface area (Å²) in [6.45, 7) is 0. The largest absolute Gasteiger partial charge is 0.455 e. The van der Waals surface area contributed by atoms with Crippen LogP contribution in [0.15, 0.2) is 162 Å². The summed E-state index contributed by atoms with van der Waals surface area (Å²) in [6.07, 6.45) is 0. The van der Waals surface area contributed by atoms with E-state index in [1.165, 1.54) is 19.5 Å². The molecule has 11 aromatic rings. The fourth-order valence-corrected chi connectivity index (χ4v) is 9.52. The third-order valence-corrected chi connectivity index (χ3v) is 12.0. The first-order chi connectivity index (χ1) is 26.2. The van der Waals surface area contributed by atoms with E-state index in [0.717, 1.165) is 71.2 Å². The molecule has 0 N–H and O–H groups in total. The summed E-state index contributed by atoms with van der Waals surface area (Å²) in [5.74, 6) is 1.86. The number of thiophene rings is 1. The molecule has 0 unspecified atom stereocenters. The van der Waals surface area contributed by atoms with Crippen molar-refractivity contribution < 1.29 is 4.42 Å². The highest BCUT2D eigenvalue weighted by Crippen LogP contribution is 2.45. The number of rotatable bonds is 5. The quantitative estimate of drug-likeness (QED) is 0.178. The Morgan fingerprint density at radius 3 is 1.87 bits per heavy atom. The highest BCUT2D eigenvalue weighted by Gasteiger charge is 2.21. The Hall–Kier alpha value is -6.54. The van der Waals surface area contributed by atoms with Crippen LogP contribution in [0.2, 0.25) is 0 Å². The number of furan rings is 1. The third kappa shape index (κ3) is 4.97. The Balaban J connectivity index is 1.12. The molecule has 0 atom stereocenters. The lowest BCUT2D eigenvalue weighted by atomic mass is 10.00. The van der Waals surface area contributed by atoms with E-state index in [-0.39, 0.29) is 0 Å². The molecular formula is C46H26N4OS2. The number of thiazole rings is 1. The summed E-state index contributed by atoms with van der Waals surface area (Å²) in [5.41, 5.74) is 8.72. The number of fused-ring (bicyclic) bond motifs is 7. The smallest absolute Gasteiger partial charge is 0.164 e. The van der Waals surface area contributed by atoms with Gasteiger partial charge in [-0.3, -0.25) is 0 Å². The van der Waals surface area contributed by atoms with E-state index in [1.807, 2.05) is 48.5 Å². The van der Waals surface area contributed by atoms with Crippen molar-refractivity contribution in [3.63, 3.8) is 0 Å². The van der Waals surface area contributed by atoms with E-state index in [1.54, 1.807) is 22.7 Å². The summed E-state index contributed by atoms with van der Waals surface area (Å²) in [5, 5.41) is 5.51. The standard InChI is InChI=1S/C46H26N4OS2/c1-2-12-27(13-3-1)43-48-44(29-15-8-14-28(26-29)30-17-9-18-32-31-16-4-6-22-36(31)51-42(30)32)50-45(49-43)33-19-10-24-38-40(33)41-34(20-11-25-39(41)52-38)46-47-35-21-5-7-23-37(35)53-46/h1-26H. The average Bonchev–Trinajstić information content (AvgIpc) is 3.94. The third-order valence-electron chi connectivity index (χ3n) is 9.79. The number of hydrogen-bond acceptors (Lipinski definition) is 7. The molecule has 53 heavy (non-hydrogen) atoms. The van der Waals surface area contributed by atoms with Gasteiger partial charge in [0.1, 0.15) is 16.2 Å². The Morgan fingerprint density at radius 2 is 1.00 bits per heavy atom. The van der Waals surface area contributed by atoms with E-state index in [2.05, 4.69) is 109 Å². The van der Waals surface area contributed by atoms with E-state index in [9.17, 15) is 0 Å². The van der Waals surface area contributed by atoms with Crippen LogP contribution in [-0.2, 0) is 0 Å². The van der Waals surface area contributed by atoms with Gasteiger partial charge < -0.3 is 4.42 Å². The van der Waals surface area contributed by atoms with Crippen LogP contribution in [0.1, 0.15) is 0 Å². The second kappa shape index (κ2) is 12.0. The van der Waals surface area contributed by atoms with Crippen LogP contribution in [0.3, 0.4) is 0 Å². The minimum absolute atomic E-state index is 0.607. The summed E-state index contributed by atoms with van der Waals surface area (Å²) in [6, 6.07) is 54.3. The first-order valence-electron chi connectivity index (χ1n) is 17.4. The zero-order valence-corrected chi connectivity index (χ0v) is 29.7. The molecule has 0 amide bonds. The Labute approximate surface area is 311 Å². The van der Waals surface area contributed by atoms with Gasteiger partial charge >= 0.3 is 0 Å². The molecule has 0 saturated carbocycles. The minimum atomic E-state index is 0.607. The lowest BCUT2D eigenvalue weighted by molar-refractivity contribution is 0.670. The first kappa shape index (κ1) is 30.1. The van der Waals surface area contributed by atoms with Crippen molar-refractivity contribution in [2.24, 2.45) is 0 Å². The predicted octanol–water partition coefficient (Wildman–Crippen LogP) is 13.1. The normalized spacial score (nSPS) is 11.8. The zero-order valence-electron chi connectivity index (χ0n) is 28.0. The van der Waals surface area contributed by atoms with Crippen molar-refractivity contribution in [1.82, 2.24) is 19.9 Å². The Kier molecular flexibility index (Phi) is 6.83. The van der Waals surface area contributed by atoms with Crippen molar-refractivity contribution in [3.8, 4) is 55.9 Å². The Bertz CT molecular complexity index is 3160. The van der Waals surface area contributed by atoms with E-state index >= 15 is 0 Å². The minimum Gasteiger partial charge on any atom is -0.455 e. The van der Waals surface area contributed by atoms with Gasteiger partial charge in [0.15, 0.2) is 17.5 Å². The van der Waals surface area contributed by atoms with E-state index in [0.29, 0.717) is 17.5 Å². The highest BCUT2D eigenvalue weighted by atomic mass is 32.1. The lowest BCUT2D eigenvalue weighted by Gasteiger charge is -2.11. The fourth-order valence-electron chi connectivity index (χ4n) is 7.36. The van der Waals surface area contributed by atoms with Gasteiger partial charge in [-0.2, -0.15) is 0 Å². The number of hydrogen-bond donors (Lipinski definition) is 0. The maximum Gasteiger partial charge on any atom is 0.164 e. The van der Waals surface area contributed by atoms with Crippen LogP contribution >= 0.6 is 22.7 Å². The zero-order chi connectivity index (χ0) is 34.9. The van der Waals surface area contributed by atoms with Gasteiger partial charge in [-0.15, -0.1) is 22.7 Å². The van der Waals surface area contributed by atoms with Gasteiger partial charge in [0.05, 0.1) is 10.2 Å². The van der Waals surface area contributed by atoms with Crippen molar-refractivity contribution in [2.45, 2.75) is 0 Å². The molecule has 11 rings (SSSR count). The summed E-state index contributed by atoms with van der Waals surface area (Å²) in [7, 11) is 0. The van der Waals surface area contributed by atoms with Gasteiger partial charge in [0.2, 0.25) is 0 Å². The summed E-state index contributed by atoms with van der Waals surface area (Å²) >= 11 is 3.51. The summed E-state index contributed by atoms with van der Waals surface area (Å²) < 4.78 is 9.97. The molecule has 0 fully saturated rings. The van der Waals surface area contributed by atoms with Crippen LogP contribution in [-0.4, -0.2) is 19.9 Å². The maximum atomic E-state index is 6.42.